The van der Waals surface area contributed by atoms with Crippen LogP contribution in [0, 0.1) is 0 Å². The number of hydrogen-bond acceptors (Lipinski definition) is 5. The second kappa shape index (κ2) is 12.3. The van der Waals surface area contributed by atoms with E-state index in [9.17, 15) is 0 Å². The molecule has 6 nitrogen and oxygen atoms in total. The van der Waals surface area contributed by atoms with Gasteiger partial charge < -0.3 is 20.3 Å². The van der Waals surface area contributed by atoms with Gasteiger partial charge in [-0.1, -0.05) is 6.07 Å². The average Bonchev–Trinajstić information content (AvgIpc) is 3.36. The van der Waals surface area contributed by atoms with Crippen molar-refractivity contribution >= 4 is 17.3 Å². The molecule has 0 radical (unpaired) electrons. The molecule has 0 saturated carbocycles. The van der Waals surface area contributed by atoms with Crippen LogP contribution in [0.25, 0.3) is 0 Å². The molecule has 0 bridgehead atoms. The lowest BCUT2D eigenvalue weighted by atomic mass is 10.2. The average molecular weight is 382 g/mol. The lowest BCUT2D eigenvalue weighted by Crippen LogP contribution is -2.43. The Morgan fingerprint density at radius 3 is 2.81 bits per heavy atom. The van der Waals surface area contributed by atoms with E-state index in [2.05, 4.69) is 50.0 Å². The van der Waals surface area contributed by atoms with Gasteiger partial charge in [-0.15, -0.1) is 11.3 Å². The van der Waals surface area contributed by atoms with Crippen molar-refractivity contribution in [1.82, 2.24) is 20.4 Å². The quantitative estimate of drug-likeness (QED) is 0.349. The van der Waals surface area contributed by atoms with Crippen LogP contribution in [-0.2, 0) is 4.74 Å². The number of thiophene rings is 1. The van der Waals surface area contributed by atoms with Gasteiger partial charge in [-0.05, 0) is 57.4 Å². The van der Waals surface area contributed by atoms with E-state index in [0.29, 0.717) is 6.04 Å². The van der Waals surface area contributed by atoms with Crippen molar-refractivity contribution < 1.29 is 4.74 Å². The molecular formula is C19H35N5OS. The highest BCUT2D eigenvalue weighted by Gasteiger charge is 2.24. The Hall–Kier alpha value is -1.15. The van der Waals surface area contributed by atoms with Crippen LogP contribution in [-0.4, -0.2) is 82.8 Å². The first-order chi connectivity index (χ1) is 12.7. The molecule has 1 unspecified atom stereocenters. The first-order valence-corrected chi connectivity index (χ1v) is 10.5. The predicted octanol–water partition coefficient (Wildman–Crippen LogP) is 2.02. The standard InChI is InChI=1S/C19H35N5OS/c1-20-19(21-9-7-10-23(2)13-14-25-3)22-16-17(18-8-6-15-26-18)24-11-4-5-12-24/h6,8,15,17H,4-5,7,9-14,16H2,1-3H3,(H2,20,21,22). The summed E-state index contributed by atoms with van der Waals surface area (Å²) in [4.78, 5) is 10.7. The van der Waals surface area contributed by atoms with Crippen LogP contribution in [0.3, 0.4) is 0 Å². The summed E-state index contributed by atoms with van der Waals surface area (Å²) < 4.78 is 5.11. The van der Waals surface area contributed by atoms with Gasteiger partial charge in [-0.25, -0.2) is 0 Å². The van der Waals surface area contributed by atoms with Crippen molar-refractivity contribution in [2.45, 2.75) is 25.3 Å². The molecule has 1 aromatic rings. The molecule has 2 N–H and O–H groups in total. The summed E-state index contributed by atoms with van der Waals surface area (Å²) in [6.45, 7) is 7.03. The molecule has 1 fully saturated rings. The zero-order valence-corrected chi connectivity index (χ0v) is 17.4. The van der Waals surface area contributed by atoms with E-state index < -0.39 is 0 Å². The van der Waals surface area contributed by atoms with Gasteiger partial charge in [0.1, 0.15) is 0 Å². The molecule has 1 saturated heterocycles. The summed E-state index contributed by atoms with van der Waals surface area (Å²) in [6, 6.07) is 4.84. The fourth-order valence-corrected chi connectivity index (χ4v) is 4.13. The lowest BCUT2D eigenvalue weighted by molar-refractivity contribution is 0.161. The van der Waals surface area contributed by atoms with Gasteiger partial charge >= 0.3 is 0 Å². The van der Waals surface area contributed by atoms with E-state index in [-0.39, 0.29) is 0 Å². The monoisotopic (exact) mass is 381 g/mol. The second-order valence-corrected chi connectivity index (χ2v) is 7.78. The third-order valence-electron chi connectivity index (χ3n) is 4.83. The van der Waals surface area contributed by atoms with Crippen molar-refractivity contribution in [1.29, 1.82) is 0 Å². The van der Waals surface area contributed by atoms with Crippen molar-refractivity contribution in [2.24, 2.45) is 4.99 Å². The topological polar surface area (TPSA) is 52.1 Å². The van der Waals surface area contributed by atoms with Crippen LogP contribution >= 0.6 is 11.3 Å². The molecule has 1 aromatic heterocycles. The molecule has 7 heteroatoms. The number of nitrogens with one attached hydrogen (secondary N) is 2. The molecule has 2 rings (SSSR count). The number of hydrogen-bond donors (Lipinski definition) is 2. The van der Waals surface area contributed by atoms with Crippen molar-refractivity contribution in [3.05, 3.63) is 22.4 Å². The molecule has 26 heavy (non-hydrogen) atoms. The van der Waals surface area contributed by atoms with Gasteiger partial charge in [-0.2, -0.15) is 0 Å². The SMILES string of the molecule is CN=C(NCCCN(C)CCOC)NCC(c1cccs1)N1CCCC1. The predicted molar refractivity (Wildman–Crippen MR) is 111 cm³/mol. The van der Waals surface area contributed by atoms with Gasteiger partial charge in [0.2, 0.25) is 0 Å². The van der Waals surface area contributed by atoms with Crippen molar-refractivity contribution in [3.8, 4) is 0 Å². The molecule has 0 aliphatic carbocycles. The Morgan fingerprint density at radius 1 is 1.35 bits per heavy atom. The minimum absolute atomic E-state index is 0.441. The van der Waals surface area contributed by atoms with Crippen molar-refractivity contribution in [2.75, 3.05) is 67.1 Å². The maximum absolute atomic E-state index is 5.11. The molecule has 2 heterocycles. The van der Waals surface area contributed by atoms with Crippen molar-refractivity contribution in [3.63, 3.8) is 0 Å². The van der Waals surface area contributed by atoms with E-state index in [1.807, 2.05) is 18.4 Å². The largest absolute Gasteiger partial charge is 0.383 e. The van der Waals surface area contributed by atoms with E-state index >= 15 is 0 Å². The molecule has 0 aromatic carbocycles. The number of likely N-dealkylation sites (tertiary alicyclic amines) is 1. The Kier molecular flexibility index (Phi) is 9.99. The highest BCUT2D eigenvalue weighted by Crippen LogP contribution is 2.27. The van der Waals surface area contributed by atoms with E-state index in [0.717, 1.165) is 45.2 Å². The maximum Gasteiger partial charge on any atom is 0.191 e. The van der Waals surface area contributed by atoms with Crippen LogP contribution in [0.4, 0.5) is 0 Å². The lowest BCUT2D eigenvalue weighted by Gasteiger charge is -2.27. The van der Waals surface area contributed by atoms with E-state index in [4.69, 9.17) is 4.74 Å². The summed E-state index contributed by atoms with van der Waals surface area (Å²) in [5.41, 5.74) is 0. The highest BCUT2D eigenvalue weighted by molar-refractivity contribution is 7.10. The number of rotatable bonds is 11. The number of methoxy groups -OCH3 is 1. The smallest absolute Gasteiger partial charge is 0.191 e. The Labute approximate surface area is 162 Å². The van der Waals surface area contributed by atoms with E-state index in [1.165, 1.54) is 30.8 Å². The van der Waals surface area contributed by atoms with Gasteiger partial charge in [0.05, 0.1) is 12.6 Å². The number of aliphatic imine (C=N–C) groups is 1. The van der Waals surface area contributed by atoms with Gasteiger partial charge in [0, 0.05) is 38.7 Å². The number of ether oxygens (including phenoxy) is 1. The molecule has 0 spiro atoms. The van der Waals surface area contributed by atoms with Crippen LogP contribution < -0.4 is 10.6 Å². The molecule has 0 amide bonds. The summed E-state index contributed by atoms with van der Waals surface area (Å²) >= 11 is 1.85. The minimum Gasteiger partial charge on any atom is -0.383 e. The maximum atomic E-state index is 5.11. The molecule has 148 valence electrons. The molecular weight excluding hydrogens is 346 g/mol. The van der Waals surface area contributed by atoms with Gasteiger partial charge in [0.25, 0.3) is 0 Å². The fourth-order valence-electron chi connectivity index (χ4n) is 3.27. The van der Waals surface area contributed by atoms with Crippen LogP contribution in [0.5, 0.6) is 0 Å². The number of likely N-dealkylation sites (N-methyl/N-ethyl adjacent to an activating group) is 1. The van der Waals surface area contributed by atoms with Crippen LogP contribution in [0.1, 0.15) is 30.2 Å². The Morgan fingerprint density at radius 2 is 2.15 bits per heavy atom. The first-order valence-electron chi connectivity index (χ1n) is 9.64. The summed E-state index contributed by atoms with van der Waals surface area (Å²) in [6.07, 6.45) is 3.71. The third kappa shape index (κ3) is 7.23. The van der Waals surface area contributed by atoms with E-state index in [1.54, 1.807) is 7.11 Å². The van der Waals surface area contributed by atoms with Gasteiger partial charge in [0.15, 0.2) is 5.96 Å². The summed E-state index contributed by atoms with van der Waals surface area (Å²) in [5, 5.41) is 9.14. The van der Waals surface area contributed by atoms with Crippen LogP contribution in [0.15, 0.2) is 22.5 Å². The first kappa shape index (κ1) is 21.2. The second-order valence-electron chi connectivity index (χ2n) is 6.80. The molecule has 1 aliphatic heterocycles. The zero-order valence-electron chi connectivity index (χ0n) is 16.5. The number of nitrogens with zero attached hydrogens (tertiary/aromatic N) is 3. The fraction of sp³-hybridized carbons (Fsp3) is 0.737. The third-order valence-corrected chi connectivity index (χ3v) is 5.80. The summed E-state index contributed by atoms with van der Waals surface area (Å²) in [5.74, 6) is 0.894. The number of guanidine groups is 1. The van der Waals surface area contributed by atoms with Crippen LogP contribution in [0.2, 0.25) is 0 Å². The Balaban J connectivity index is 1.72. The molecule has 1 atom stereocenters. The molecule has 1 aliphatic rings. The van der Waals surface area contributed by atoms with Gasteiger partial charge in [-0.3, -0.25) is 9.89 Å². The highest BCUT2D eigenvalue weighted by atomic mass is 32.1. The minimum atomic E-state index is 0.441. The summed E-state index contributed by atoms with van der Waals surface area (Å²) in [7, 11) is 5.72. The zero-order chi connectivity index (χ0) is 18.6. The Bertz CT molecular complexity index is 502. The normalized spacial score (nSPS) is 17.0.